The molecular weight excluding hydrogens is 513 g/mol. The van der Waals surface area contributed by atoms with Crippen LogP contribution in [-0.2, 0) is 11.4 Å². The van der Waals surface area contributed by atoms with E-state index in [0.717, 1.165) is 44.6 Å². The molecule has 2 saturated heterocycles. The smallest absolute Gasteiger partial charge is 0.309 e. The van der Waals surface area contributed by atoms with Gasteiger partial charge in [-0.2, -0.15) is 4.98 Å². The van der Waals surface area contributed by atoms with Gasteiger partial charge < -0.3 is 25.3 Å². The summed E-state index contributed by atoms with van der Waals surface area (Å²) >= 11 is 12.4. The van der Waals surface area contributed by atoms with Gasteiger partial charge in [-0.25, -0.2) is 4.98 Å². The number of likely N-dealkylation sites (tertiary alicyclic amines) is 1. The highest BCUT2D eigenvalue weighted by molar-refractivity contribution is 6.35. The molecule has 37 heavy (non-hydrogen) atoms. The first-order valence-corrected chi connectivity index (χ1v) is 13.8. The van der Waals surface area contributed by atoms with E-state index in [2.05, 4.69) is 20.1 Å². The number of hydrogen-bond donors (Lipinski definition) is 3. The van der Waals surface area contributed by atoms with Crippen LogP contribution in [0.1, 0.15) is 56.7 Å². The van der Waals surface area contributed by atoms with Gasteiger partial charge in [0.25, 0.3) is 0 Å². The number of nitrogens with zero attached hydrogens (tertiary/aromatic N) is 4. The molecule has 0 unspecified atom stereocenters. The third-order valence-electron chi connectivity index (χ3n) is 8.56. The van der Waals surface area contributed by atoms with Crippen LogP contribution in [0.5, 0.6) is 0 Å². The molecular formula is C27H35Cl2N5O3. The summed E-state index contributed by atoms with van der Waals surface area (Å²) in [4.78, 5) is 25.5. The second kappa shape index (κ2) is 10.6. The molecule has 3 heterocycles. The van der Waals surface area contributed by atoms with Crippen molar-refractivity contribution < 1.29 is 15.0 Å². The Hall–Kier alpha value is -2.13. The van der Waals surface area contributed by atoms with Gasteiger partial charge in [0, 0.05) is 47.5 Å². The van der Waals surface area contributed by atoms with Gasteiger partial charge in [0.2, 0.25) is 5.95 Å². The number of carboxylic acid groups (broad SMARTS) is 1. The highest BCUT2D eigenvalue weighted by Crippen LogP contribution is 2.45. The number of halogens is 2. The van der Waals surface area contributed by atoms with Crippen LogP contribution in [0, 0.1) is 17.3 Å². The number of carbonyl (C=O) groups is 1. The summed E-state index contributed by atoms with van der Waals surface area (Å²) in [6, 6.07) is 5.69. The molecule has 8 nitrogen and oxygen atoms in total. The van der Waals surface area contributed by atoms with Gasteiger partial charge in [0.15, 0.2) is 0 Å². The van der Waals surface area contributed by atoms with Crippen LogP contribution < -0.4 is 10.2 Å². The lowest BCUT2D eigenvalue weighted by molar-refractivity contribution is -0.158. The molecule has 0 radical (unpaired) electrons. The molecule has 200 valence electrons. The number of nitrogens with one attached hydrogen (secondary N) is 1. The summed E-state index contributed by atoms with van der Waals surface area (Å²) < 4.78 is 0. The van der Waals surface area contributed by atoms with E-state index >= 15 is 0 Å². The summed E-state index contributed by atoms with van der Waals surface area (Å²) in [5, 5.41) is 23.8. The molecule has 1 saturated carbocycles. The fourth-order valence-corrected chi connectivity index (χ4v) is 6.64. The van der Waals surface area contributed by atoms with Crippen molar-refractivity contribution in [2.24, 2.45) is 17.3 Å². The van der Waals surface area contributed by atoms with E-state index in [1.807, 2.05) is 26.0 Å². The van der Waals surface area contributed by atoms with Crippen LogP contribution in [0.25, 0.3) is 0 Å². The lowest BCUT2D eigenvalue weighted by atomic mass is 9.65. The zero-order valence-electron chi connectivity index (χ0n) is 21.3. The first kappa shape index (κ1) is 26.5. The third kappa shape index (κ3) is 5.39. The lowest BCUT2D eigenvalue weighted by Gasteiger charge is -2.52. The minimum Gasteiger partial charge on any atom is -0.481 e. The molecule has 1 aliphatic carbocycles. The van der Waals surface area contributed by atoms with Gasteiger partial charge in [-0.15, -0.1) is 0 Å². The number of piperidine rings is 1. The molecule has 0 spiro atoms. The Morgan fingerprint density at radius 2 is 2.00 bits per heavy atom. The van der Waals surface area contributed by atoms with E-state index in [-0.39, 0.29) is 12.6 Å². The molecule has 2 aromatic rings. The Kier molecular flexibility index (Phi) is 7.56. The molecule has 10 heteroatoms. The maximum atomic E-state index is 11.5. The first-order chi connectivity index (χ1) is 17.7. The predicted molar refractivity (Wildman–Crippen MR) is 145 cm³/mol. The second-order valence-electron chi connectivity index (χ2n) is 11.2. The van der Waals surface area contributed by atoms with Crippen molar-refractivity contribution in [1.29, 1.82) is 0 Å². The zero-order chi connectivity index (χ0) is 26.3. The number of hydrogen-bond acceptors (Lipinski definition) is 7. The number of aromatic nitrogens is 2. The van der Waals surface area contributed by atoms with Crippen molar-refractivity contribution in [2.75, 3.05) is 36.4 Å². The number of rotatable bonds is 8. The van der Waals surface area contributed by atoms with Crippen molar-refractivity contribution in [2.45, 2.75) is 58.2 Å². The fraction of sp³-hybridized carbons (Fsp3) is 0.593. The highest BCUT2D eigenvalue weighted by atomic mass is 35.5. The monoisotopic (exact) mass is 547 g/mol. The Balaban J connectivity index is 1.19. The number of aliphatic carboxylic acids is 1. The molecule has 3 aliphatic rings. The van der Waals surface area contributed by atoms with E-state index in [4.69, 9.17) is 28.2 Å². The summed E-state index contributed by atoms with van der Waals surface area (Å²) in [6.07, 6.45) is 5.59. The molecule has 1 aromatic heterocycles. The second-order valence-corrected chi connectivity index (χ2v) is 12.1. The maximum absolute atomic E-state index is 11.5. The number of benzene rings is 1. The van der Waals surface area contributed by atoms with E-state index < -0.39 is 11.4 Å². The average molecular weight is 549 g/mol. The van der Waals surface area contributed by atoms with Crippen LogP contribution in [0.3, 0.4) is 0 Å². The topological polar surface area (TPSA) is 102 Å². The van der Waals surface area contributed by atoms with Gasteiger partial charge >= 0.3 is 5.97 Å². The SMILES string of the molecule is C[C@@H](Nc1nc(N2CC([C@H]3CCCN(C4CC(C)(C(=O)O)C4)C3)C2)ncc1CO)c1ccc(Cl)cc1Cl. The van der Waals surface area contributed by atoms with Gasteiger partial charge in [-0.05, 0) is 75.6 Å². The Morgan fingerprint density at radius 1 is 1.24 bits per heavy atom. The number of aliphatic hydroxyl groups is 1. The van der Waals surface area contributed by atoms with Crippen molar-refractivity contribution in [3.05, 3.63) is 45.6 Å². The van der Waals surface area contributed by atoms with Crippen LogP contribution in [0.2, 0.25) is 10.0 Å². The molecule has 2 aliphatic heterocycles. The molecule has 0 amide bonds. The number of aliphatic hydroxyl groups excluding tert-OH is 1. The van der Waals surface area contributed by atoms with E-state index in [0.29, 0.717) is 45.3 Å². The first-order valence-electron chi connectivity index (χ1n) is 13.1. The largest absolute Gasteiger partial charge is 0.481 e. The van der Waals surface area contributed by atoms with E-state index in [1.165, 1.54) is 12.8 Å². The van der Waals surface area contributed by atoms with Gasteiger partial charge in [0.1, 0.15) is 5.82 Å². The van der Waals surface area contributed by atoms with Gasteiger partial charge in [-0.1, -0.05) is 29.3 Å². The summed E-state index contributed by atoms with van der Waals surface area (Å²) in [7, 11) is 0. The molecule has 3 fully saturated rings. The van der Waals surface area contributed by atoms with E-state index in [9.17, 15) is 15.0 Å². The van der Waals surface area contributed by atoms with Crippen LogP contribution >= 0.6 is 23.2 Å². The Bertz CT molecular complexity index is 1150. The predicted octanol–water partition coefficient (Wildman–Crippen LogP) is 4.85. The highest BCUT2D eigenvalue weighted by Gasteiger charge is 2.49. The molecule has 5 rings (SSSR count). The van der Waals surface area contributed by atoms with E-state index in [1.54, 1.807) is 12.3 Å². The molecule has 3 N–H and O–H groups in total. The summed E-state index contributed by atoms with van der Waals surface area (Å²) in [5.41, 5.74) is 0.983. The van der Waals surface area contributed by atoms with Crippen molar-refractivity contribution in [1.82, 2.24) is 14.9 Å². The molecule has 2 atom stereocenters. The Labute approximate surface area is 228 Å². The van der Waals surface area contributed by atoms with Gasteiger partial charge in [0.05, 0.1) is 18.1 Å². The van der Waals surface area contributed by atoms with Crippen LogP contribution in [0.15, 0.2) is 24.4 Å². The minimum absolute atomic E-state index is 0.135. The standard InChI is InChI=1S/C27H35Cl2N5O3/c1-16(22-6-5-20(28)8-23(22)29)31-24-18(15-35)11-30-26(32-24)34-13-19(14-34)17-4-3-7-33(12-17)21-9-27(2,10-21)25(36)37/h5-6,8,11,16-17,19,21,35H,3-4,7,9-10,12-15H2,1-2H3,(H,36,37)(H,30,31,32)/t16-,17+,21?,27?/m1/s1. The third-order valence-corrected chi connectivity index (χ3v) is 9.12. The quantitative estimate of drug-likeness (QED) is 0.431. The minimum atomic E-state index is -0.668. The van der Waals surface area contributed by atoms with Crippen molar-refractivity contribution >= 4 is 40.9 Å². The Morgan fingerprint density at radius 3 is 2.68 bits per heavy atom. The van der Waals surface area contributed by atoms with Crippen molar-refractivity contribution in [3.8, 4) is 0 Å². The number of anilines is 2. The van der Waals surface area contributed by atoms with Crippen molar-refractivity contribution in [3.63, 3.8) is 0 Å². The zero-order valence-corrected chi connectivity index (χ0v) is 22.8. The van der Waals surface area contributed by atoms with Crippen LogP contribution in [-0.4, -0.2) is 63.3 Å². The van der Waals surface area contributed by atoms with Gasteiger partial charge in [-0.3, -0.25) is 4.79 Å². The summed E-state index contributed by atoms with van der Waals surface area (Å²) in [5.74, 6) is 1.79. The number of carboxylic acids is 1. The maximum Gasteiger partial charge on any atom is 0.309 e. The fourth-order valence-electron chi connectivity index (χ4n) is 6.07. The molecule has 0 bridgehead atoms. The summed E-state index contributed by atoms with van der Waals surface area (Å²) in [6.45, 7) is 7.64. The van der Waals surface area contributed by atoms with Crippen LogP contribution in [0.4, 0.5) is 11.8 Å². The molecule has 1 aromatic carbocycles. The average Bonchev–Trinajstić information content (AvgIpc) is 2.81. The normalized spacial score (nSPS) is 27.3. The lowest BCUT2D eigenvalue weighted by Crippen LogP contribution is -2.58.